The highest BCUT2D eigenvalue weighted by atomic mass is 16.5. The molecule has 1 aromatic heterocycles. The van der Waals surface area contributed by atoms with Crippen molar-refractivity contribution in [1.29, 1.82) is 0 Å². The Morgan fingerprint density at radius 1 is 1.52 bits per heavy atom. The molecule has 1 saturated carbocycles. The molecule has 1 aliphatic carbocycles. The molecule has 23 heavy (non-hydrogen) atoms. The van der Waals surface area contributed by atoms with E-state index < -0.39 is 0 Å². The molecule has 5 nitrogen and oxygen atoms in total. The van der Waals surface area contributed by atoms with Crippen molar-refractivity contribution < 1.29 is 9.53 Å². The van der Waals surface area contributed by atoms with Crippen LogP contribution in [0.1, 0.15) is 37.7 Å². The molecule has 2 heterocycles. The predicted octanol–water partition coefficient (Wildman–Crippen LogP) is 2.00. The molecular weight excluding hydrogens is 290 g/mol. The first-order valence-corrected chi connectivity index (χ1v) is 8.55. The first kappa shape index (κ1) is 16.2. The number of pyridine rings is 1. The minimum absolute atomic E-state index is 0.0155. The molecule has 0 aromatic carbocycles. The minimum Gasteiger partial charge on any atom is -0.481 e. The highest BCUT2D eigenvalue weighted by Crippen LogP contribution is 2.57. The van der Waals surface area contributed by atoms with Gasteiger partial charge in [0.05, 0.1) is 13.0 Å². The van der Waals surface area contributed by atoms with Crippen LogP contribution in [0.2, 0.25) is 0 Å². The van der Waals surface area contributed by atoms with Gasteiger partial charge >= 0.3 is 0 Å². The number of hydrogen-bond acceptors (Lipinski definition) is 4. The molecule has 0 bridgehead atoms. The predicted molar refractivity (Wildman–Crippen MR) is 89.1 cm³/mol. The van der Waals surface area contributed by atoms with Gasteiger partial charge in [-0.3, -0.25) is 4.79 Å². The molecule has 126 valence electrons. The SMILES string of the molecule is COc1ncccc1CC1(C(C(N)=O)C2CCCCN2C)CC1. The summed E-state index contributed by atoms with van der Waals surface area (Å²) in [4.78, 5) is 18.9. The molecular formula is C18H27N3O2. The first-order valence-electron chi connectivity index (χ1n) is 8.55. The fraction of sp³-hybridized carbons (Fsp3) is 0.667. The lowest BCUT2D eigenvalue weighted by atomic mass is 9.75. The molecule has 0 spiro atoms. The second kappa shape index (κ2) is 6.48. The summed E-state index contributed by atoms with van der Waals surface area (Å²) in [6.07, 6.45) is 8.14. The van der Waals surface area contributed by atoms with Crippen LogP contribution in [0.4, 0.5) is 0 Å². The monoisotopic (exact) mass is 317 g/mol. The molecule has 3 rings (SSSR count). The van der Waals surface area contributed by atoms with Crippen molar-refractivity contribution in [2.75, 3.05) is 20.7 Å². The summed E-state index contributed by atoms with van der Waals surface area (Å²) in [7, 11) is 3.77. The van der Waals surface area contributed by atoms with E-state index in [1.807, 2.05) is 6.07 Å². The van der Waals surface area contributed by atoms with Crippen LogP contribution in [0.25, 0.3) is 0 Å². The molecule has 2 N–H and O–H groups in total. The number of piperidine rings is 1. The van der Waals surface area contributed by atoms with Crippen LogP contribution in [0.15, 0.2) is 18.3 Å². The Hall–Kier alpha value is -1.62. The van der Waals surface area contributed by atoms with Crippen LogP contribution in [0.3, 0.4) is 0 Å². The number of carbonyl (C=O) groups excluding carboxylic acids is 1. The fourth-order valence-electron chi connectivity index (χ4n) is 4.30. The van der Waals surface area contributed by atoms with E-state index in [1.165, 1.54) is 12.8 Å². The summed E-state index contributed by atoms with van der Waals surface area (Å²) < 4.78 is 5.39. The van der Waals surface area contributed by atoms with Gasteiger partial charge in [-0.25, -0.2) is 4.98 Å². The number of carbonyl (C=O) groups is 1. The number of ether oxygens (including phenoxy) is 1. The maximum Gasteiger partial charge on any atom is 0.222 e. The quantitative estimate of drug-likeness (QED) is 0.871. The maximum atomic E-state index is 12.3. The van der Waals surface area contributed by atoms with Crippen LogP contribution in [-0.4, -0.2) is 42.5 Å². The van der Waals surface area contributed by atoms with E-state index in [2.05, 4.69) is 23.0 Å². The Balaban J connectivity index is 1.85. The summed E-state index contributed by atoms with van der Waals surface area (Å²) in [5.41, 5.74) is 6.93. The first-order chi connectivity index (χ1) is 11.1. The number of nitrogens with two attached hydrogens (primary N) is 1. The summed E-state index contributed by atoms with van der Waals surface area (Å²) >= 11 is 0. The third-order valence-electron chi connectivity index (χ3n) is 5.66. The van der Waals surface area contributed by atoms with Gasteiger partial charge in [0.25, 0.3) is 0 Å². The van der Waals surface area contributed by atoms with Crippen LogP contribution in [0.5, 0.6) is 5.88 Å². The zero-order chi connectivity index (χ0) is 16.4. The van der Waals surface area contributed by atoms with E-state index in [1.54, 1.807) is 13.3 Å². The molecule has 1 amide bonds. The molecule has 1 saturated heterocycles. The number of likely N-dealkylation sites (tertiary alicyclic amines) is 1. The van der Waals surface area contributed by atoms with Gasteiger partial charge in [0.1, 0.15) is 0 Å². The number of methoxy groups -OCH3 is 1. The Morgan fingerprint density at radius 3 is 2.91 bits per heavy atom. The van der Waals surface area contributed by atoms with Gasteiger partial charge in [0, 0.05) is 17.8 Å². The van der Waals surface area contributed by atoms with Gasteiger partial charge in [-0.05, 0) is 57.2 Å². The Labute approximate surface area is 138 Å². The van der Waals surface area contributed by atoms with Crippen molar-refractivity contribution >= 4 is 5.91 Å². The summed E-state index contributed by atoms with van der Waals surface area (Å²) in [6.45, 7) is 1.06. The number of amides is 1. The van der Waals surface area contributed by atoms with Gasteiger partial charge in [-0.2, -0.15) is 0 Å². The molecule has 2 aliphatic rings. The van der Waals surface area contributed by atoms with Crippen molar-refractivity contribution in [3.05, 3.63) is 23.9 Å². The number of aromatic nitrogens is 1. The highest BCUT2D eigenvalue weighted by Gasteiger charge is 2.55. The lowest BCUT2D eigenvalue weighted by molar-refractivity contribution is -0.127. The largest absolute Gasteiger partial charge is 0.481 e. The number of nitrogens with zero attached hydrogens (tertiary/aromatic N) is 2. The van der Waals surface area contributed by atoms with E-state index in [0.717, 1.165) is 37.8 Å². The van der Waals surface area contributed by atoms with E-state index in [4.69, 9.17) is 10.5 Å². The van der Waals surface area contributed by atoms with E-state index in [0.29, 0.717) is 5.88 Å². The van der Waals surface area contributed by atoms with Gasteiger partial charge in [0.2, 0.25) is 11.8 Å². The number of primary amides is 1. The second-order valence-corrected chi connectivity index (χ2v) is 7.13. The lowest BCUT2D eigenvalue weighted by Crippen LogP contribution is -2.50. The average Bonchev–Trinajstić information content (AvgIpc) is 3.30. The van der Waals surface area contributed by atoms with Crippen LogP contribution in [-0.2, 0) is 11.2 Å². The Morgan fingerprint density at radius 2 is 2.30 bits per heavy atom. The van der Waals surface area contributed by atoms with Crippen molar-refractivity contribution in [1.82, 2.24) is 9.88 Å². The lowest BCUT2D eigenvalue weighted by Gasteiger charge is -2.40. The van der Waals surface area contributed by atoms with Crippen molar-refractivity contribution in [2.24, 2.45) is 17.1 Å². The van der Waals surface area contributed by atoms with Gasteiger partial charge in [-0.15, -0.1) is 0 Å². The molecule has 1 aliphatic heterocycles. The third kappa shape index (κ3) is 3.20. The molecule has 5 heteroatoms. The average molecular weight is 317 g/mol. The Bertz CT molecular complexity index is 571. The minimum atomic E-state index is -0.149. The van der Waals surface area contributed by atoms with Gasteiger partial charge < -0.3 is 15.4 Å². The molecule has 0 radical (unpaired) electrons. The summed E-state index contributed by atoms with van der Waals surface area (Å²) in [5.74, 6) is 0.431. The summed E-state index contributed by atoms with van der Waals surface area (Å²) in [6, 6.07) is 4.25. The molecule has 2 unspecified atom stereocenters. The molecule has 2 atom stereocenters. The fourth-order valence-corrected chi connectivity index (χ4v) is 4.30. The highest BCUT2D eigenvalue weighted by molar-refractivity contribution is 5.79. The van der Waals surface area contributed by atoms with Crippen LogP contribution in [0, 0.1) is 11.3 Å². The van der Waals surface area contributed by atoms with Gasteiger partial charge in [-0.1, -0.05) is 12.5 Å². The number of rotatable bonds is 6. The zero-order valence-electron chi connectivity index (χ0n) is 14.1. The maximum absolute atomic E-state index is 12.3. The normalized spacial score (nSPS) is 24.9. The third-order valence-corrected chi connectivity index (χ3v) is 5.66. The van der Waals surface area contributed by atoms with Crippen LogP contribution < -0.4 is 10.5 Å². The van der Waals surface area contributed by atoms with Crippen LogP contribution >= 0.6 is 0 Å². The summed E-state index contributed by atoms with van der Waals surface area (Å²) in [5, 5.41) is 0. The second-order valence-electron chi connectivity index (χ2n) is 7.13. The topological polar surface area (TPSA) is 68.5 Å². The Kier molecular flexibility index (Phi) is 4.57. The van der Waals surface area contributed by atoms with Crippen molar-refractivity contribution in [2.45, 2.75) is 44.6 Å². The smallest absolute Gasteiger partial charge is 0.222 e. The zero-order valence-corrected chi connectivity index (χ0v) is 14.1. The molecule has 1 aromatic rings. The van der Waals surface area contributed by atoms with E-state index >= 15 is 0 Å². The number of hydrogen-bond donors (Lipinski definition) is 1. The van der Waals surface area contributed by atoms with E-state index in [9.17, 15) is 4.79 Å². The van der Waals surface area contributed by atoms with E-state index in [-0.39, 0.29) is 23.3 Å². The van der Waals surface area contributed by atoms with Gasteiger partial charge in [0.15, 0.2) is 0 Å². The standard InChI is InChI=1S/C18H27N3O2/c1-21-11-4-3-7-14(21)15(16(19)22)18(8-9-18)12-13-6-5-10-20-17(13)23-2/h5-6,10,14-15H,3-4,7-9,11-12H2,1-2H3,(H2,19,22). The van der Waals surface area contributed by atoms with Crippen molar-refractivity contribution in [3.8, 4) is 5.88 Å². The molecule has 2 fully saturated rings. The van der Waals surface area contributed by atoms with Crippen molar-refractivity contribution in [3.63, 3.8) is 0 Å².